The van der Waals surface area contributed by atoms with E-state index in [2.05, 4.69) is 20.7 Å². The number of hydrogen-bond acceptors (Lipinski definition) is 7. The van der Waals surface area contributed by atoms with Gasteiger partial charge >= 0.3 is 0 Å². The van der Waals surface area contributed by atoms with Crippen molar-refractivity contribution in [2.45, 2.75) is 18.6 Å². The standard InChI is InChI=1S/C23H25N5O3S/c1-4-28-22(18-11-13-19(30-2)14-12-18)26-27-23(28)32-16-21(29)25-24-15-7-9-17-8-5-6-10-20(17)31-3/h5-15H,4,16H2,1-3H3,(H,25,29)/b9-7+,24-15+. The highest BCUT2D eigenvalue weighted by Crippen LogP contribution is 2.25. The van der Waals surface area contributed by atoms with E-state index in [4.69, 9.17) is 9.47 Å². The molecule has 1 amide bonds. The van der Waals surface area contributed by atoms with E-state index in [-0.39, 0.29) is 11.7 Å². The Labute approximate surface area is 191 Å². The maximum absolute atomic E-state index is 12.1. The molecule has 0 spiro atoms. The lowest BCUT2D eigenvalue weighted by atomic mass is 10.2. The Bertz CT molecular complexity index is 1090. The van der Waals surface area contributed by atoms with E-state index in [9.17, 15) is 4.79 Å². The fourth-order valence-electron chi connectivity index (χ4n) is 2.90. The van der Waals surface area contributed by atoms with Gasteiger partial charge in [0.2, 0.25) is 0 Å². The number of rotatable bonds is 10. The minimum Gasteiger partial charge on any atom is -0.497 e. The number of amides is 1. The van der Waals surface area contributed by atoms with Crippen molar-refractivity contribution in [1.29, 1.82) is 0 Å². The molecule has 0 unspecified atom stereocenters. The van der Waals surface area contributed by atoms with Crippen LogP contribution in [0.1, 0.15) is 12.5 Å². The van der Waals surface area contributed by atoms with Gasteiger partial charge in [0.1, 0.15) is 11.5 Å². The lowest BCUT2D eigenvalue weighted by Crippen LogP contribution is -2.19. The van der Waals surface area contributed by atoms with Crippen molar-refractivity contribution < 1.29 is 14.3 Å². The maximum atomic E-state index is 12.1. The number of carbonyl (C=O) groups is 1. The number of thioether (sulfide) groups is 1. The molecule has 0 saturated carbocycles. The van der Waals surface area contributed by atoms with Crippen LogP contribution in [-0.2, 0) is 11.3 Å². The van der Waals surface area contributed by atoms with E-state index in [0.29, 0.717) is 11.7 Å². The Morgan fingerprint density at radius 1 is 1.12 bits per heavy atom. The number of hydrogen-bond donors (Lipinski definition) is 1. The van der Waals surface area contributed by atoms with Crippen molar-refractivity contribution in [3.63, 3.8) is 0 Å². The van der Waals surface area contributed by atoms with Crippen LogP contribution in [0.15, 0.2) is 64.9 Å². The minimum atomic E-state index is -0.228. The first kappa shape index (κ1) is 23.1. The summed E-state index contributed by atoms with van der Waals surface area (Å²) in [5, 5.41) is 13.2. The molecule has 0 aliphatic heterocycles. The second-order valence-electron chi connectivity index (χ2n) is 6.48. The molecule has 0 atom stereocenters. The van der Waals surface area contributed by atoms with Gasteiger partial charge in [-0.2, -0.15) is 5.10 Å². The van der Waals surface area contributed by atoms with Gasteiger partial charge in [0.25, 0.3) is 5.91 Å². The van der Waals surface area contributed by atoms with Crippen LogP contribution in [0.4, 0.5) is 0 Å². The molecule has 0 saturated heterocycles. The summed E-state index contributed by atoms with van der Waals surface area (Å²) in [5.74, 6) is 2.24. The molecule has 0 radical (unpaired) electrons. The van der Waals surface area contributed by atoms with Gasteiger partial charge in [-0.05, 0) is 49.4 Å². The van der Waals surface area contributed by atoms with E-state index >= 15 is 0 Å². The molecule has 0 fully saturated rings. The summed E-state index contributed by atoms with van der Waals surface area (Å²) in [6.45, 7) is 2.70. The number of nitrogens with one attached hydrogen (secondary N) is 1. The average molecular weight is 452 g/mol. The van der Waals surface area contributed by atoms with Gasteiger partial charge in [-0.1, -0.05) is 30.0 Å². The highest BCUT2D eigenvalue weighted by molar-refractivity contribution is 7.99. The summed E-state index contributed by atoms with van der Waals surface area (Å²) >= 11 is 1.31. The summed E-state index contributed by atoms with van der Waals surface area (Å²) < 4.78 is 12.5. The van der Waals surface area contributed by atoms with Crippen LogP contribution >= 0.6 is 11.8 Å². The summed E-state index contributed by atoms with van der Waals surface area (Å²) in [6.07, 6.45) is 5.11. The molecule has 0 aliphatic rings. The Morgan fingerprint density at radius 3 is 2.62 bits per heavy atom. The molecular formula is C23H25N5O3S. The number of methoxy groups -OCH3 is 2. The number of allylic oxidation sites excluding steroid dienone is 1. The first-order chi connectivity index (χ1) is 15.7. The Hall–Kier alpha value is -3.59. The Balaban J connectivity index is 1.54. The molecule has 1 heterocycles. The Morgan fingerprint density at radius 2 is 1.91 bits per heavy atom. The maximum Gasteiger partial charge on any atom is 0.250 e. The smallest absolute Gasteiger partial charge is 0.250 e. The zero-order valence-corrected chi connectivity index (χ0v) is 19.0. The van der Waals surface area contributed by atoms with E-state index in [1.165, 1.54) is 18.0 Å². The number of aromatic nitrogens is 3. The van der Waals surface area contributed by atoms with Gasteiger partial charge in [0, 0.05) is 23.9 Å². The van der Waals surface area contributed by atoms with E-state index in [1.807, 2.05) is 66.1 Å². The van der Waals surface area contributed by atoms with Gasteiger partial charge in [-0.3, -0.25) is 4.79 Å². The summed E-state index contributed by atoms with van der Waals surface area (Å²) in [6, 6.07) is 15.3. The number of carbonyl (C=O) groups excluding carboxylic acids is 1. The zero-order chi connectivity index (χ0) is 22.8. The number of ether oxygens (including phenoxy) is 2. The number of para-hydroxylation sites is 1. The van der Waals surface area contributed by atoms with E-state index in [1.54, 1.807) is 20.3 Å². The van der Waals surface area contributed by atoms with Gasteiger partial charge in [0.15, 0.2) is 11.0 Å². The molecule has 0 bridgehead atoms. The molecule has 3 rings (SSSR count). The molecule has 1 N–H and O–H groups in total. The minimum absolute atomic E-state index is 0.175. The molecule has 1 aromatic heterocycles. The first-order valence-electron chi connectivity index (χ1n) is 9.98. The van der Waals surface area contributed by atoms with Gasteiger partial charge < -0.3 is 14.0 Å². The predicted molar refractivity (Wildman–Crippen MR) is 127 cm³/mol. The third-order valence-corrected chi connectivity index (χ3v) is 5.44. The summed E-state index contributed by atoms with van der Waals surface area (Å²) in [7, 11) is 3.25. The lowest BCUT2D eigenvalue weighted by Gasteiger charge is -2.07. The van der Waals surface area contributed by atoms with Crippen molar-refractivity contribution in [1.82, 2.24) is 20.2 Å². The lowest BCUT2D eigenvalue weighted by molar-refractivity contribution is -0.118. The van der Waals surface area contributed by atoms with Gasteiger partial charge in [-0.15, -0.1) is 10.2 Å². The molecule has 0 aliphatic carbocycles. The highest BCUT2D eigenvalue weighted by atomic mass is 32.2. The van der Waals surface area contributed by atoms with E-state index in [0.717, 1.165) is 28.5 Å². The van der Waals surface area contributed by atoms with Crippen LogP contribution in [0.2, 0.25) is 0 Å². The average Bonchev–Trinajstić information content (AvgIpc) is 3.25. The van der Waals surface area contributed by atoms with Crippen LogP contribution in [0.5, 0.6) is 11.5 Å². The molecule has 8 nitrogen and oxygen atoms in total. The van der Waals surface area contributed by atoms with Gasteiger partial charge in [-0.25, -0.2) is 5.43 Å². The second kappa shape index (κ2) is 11.7. The molecule has 3 aromatic rings. The highest BCUT2D eigenvalue weighted by Gasteiger charge is 2.14. The normalized spacial score (nSPS) is 11.2. The largest absolute Gasteiger partial charge is 0.497 e. The molecule has 32 heavy (non-hydrogen) atoms. The van der Waals surface area contributed by atoms with Crippen molar-refractivity contribution >= 4 is 30.0 Å². The first-order valence-corrected chi connectivity index (χ1v) is 11.0. The predicted octanol–water partition coefficient (Wildman–Crippen LogP) is 3.89. The van der Waals surface area contributed by atoms with Crippen molar-refractivity contribution in [2.75, 3.05) is 20.0 Å². The van der Waals surface area contributed by atoms with Crippen LogP contribution in [-0.4, -0.2) is 46.9 Å². The number of hydrazone groups is 1. The van der Waals surface area contributed by atoms with Crippen molar-refractivity contribution in [3.8, 4) is 22.9 Å². The quantitative estimate of drug-likeness (QED) is 0.286. The fourth-order valence-corrected chi connectivity index (χ4v) is 3.69. The second-order valence-corrected chi connectivity index (χ2v) is 7.42. The van der Waals surface area contributed by atoms with Crippen molar-refractivity contribution in [2.24, 2.45) is 5.10 Å². The molecule has 166 valence electrons. The molecule has 2 aromatic carbocycles. The zero-order valence-electron chi connectivity index (χ0n) is 18.2. The van der Waals surface area contributed by atoms with Gasteiger partial charge in [0.05, 0.1) is 20.0 Å². The number of nitrogens with zero attached hydrogens (tertiary/aromatic N) is 4. The third-order valence-electron chi connectivity index (χ3n) is 4.48. The fraction of sp³-hybridized carbons (Fsp3) is 0.217. The molecule has 9 heteroatoms. The van der Waals surface area contributed by atoms with Crippen molar-refractivity contribution in [3.05, 3.63) is 60.2 Å². The summed E-state index contributed by atoms with van der Waals surface area (Å²) in [5.41, 5.74) is 4.37. The van der Waals surface area contributed by atoms with E-state index < -0.39 is 0 Å². The Kier molecular flexibility index (Phi) is 8.44. The molecular weight excluding hydrogens is 426 g/mol. The monoisotopic (exact) mass is 451 g/mol. The topological polar surface area (TPSA) is 90.6 Å². The van der Waals surface area contributed by atoms with Crippen LogP contribution < -0.4 is 14.9 Å². The third kappa shape index (κ3) is 5.98. The SMILES string of the molecule is CCn1c(SCC(=O)N/N=C/C=C/c2ccccc2OC)nnc1-c1ccc(OC)cc1. The van der Waals surface area contributed by atoms with Crippen LogP contribution in [0, 0.1) is 0 Å². The van der Waals surface area contributed by atoms with Crippen LogP contribution in [0.25, 0.3) is 17.5 Å². The summed E-state index contributed by atoms with van der Waals surface area (Å²) in [4.78, 5) is 12.1. The number of benzene rings is 2. The van der Waals surface area contributed by atoms with Crippen LogP contribution in [0.3, 0.4) is 0 Å².